The van der Waals surface area contributed by atoms with Crippen molar-refractivity contribution < 1.29 is 28.6 Å². The van der Waals surface area contributed by atoms with Gasteiger partial charge in [-0.2, -0.15) is 0 Å². The molecule has 1 atom stereocenters. The van der Waals surface area contributed by atoms with Crippen molar-refractivity contribution in [2.24, 2.45) is 0 Å². The predicted molar refractivity (Wildman–Crippen MR) is 243 cm³/mol. The first-order valence-corrected chi connectivity index (χ1v) is 25.5. The van der Waals surface area contributed by atoms with Gasteiger partial charge in [-0.15, -0.1) is 0 Å². The van der Waals surface area contributed by atoms with E-state index in [4.69, 9.17) is 14.2 Å². The van der Waals surface area contributed by atoms with Crippen molar-refractivity contribution in [3.05, 3.63) is 0 Å². The molecule has 0 amide bonds. The van der Waals surface area contributed by atoms with Crippen LogP contribution >= 0.6 is 0 Å². The van der Waals surface area contributed by atoms with Crippen LogP contribution in [0.15, 0.2) is 0 Å². The number of esters is 3. The number of rotatable bonds is 47. The zero-order valence-corrected chi connectivity index (χ0v) is 38.6. The molecule has 0 aromatic carbocycles. The molecule has 0 radical (unpaired) electrons. The molecule has 0 aromatic heterocycles. The Bertz CT molecular complexity index is 844. The molecular formula is C51H98O6. The molecular weight excluding hydrogens is 709 g/mol. The average molecular weight is 807 g/mol. The van der Waals surface area contributed by atoms with Crippen LogP contribution in [0.25, 0.3) is 0 Å². The summed E-state index contributed by atoms with van der Waals surface area (Å²) < 4.78 is 16.8. The highest BCUT2D eigenvalue weighted by Gasteiger charge is 2.19. The van der Waals surface area contributed by atoms with Gasteiger partial charge in [0.25, 0.3) is 0 Å². The molecule has 0 heterocycles. The molecule has 0 saturated carbocycles. The maximum absolute atomic E-state index is 12.8. The Hall–Kier alpha value is -1.59. The number of hydrogen-bond donors (Lipinski definition) is 0. The molecule has 0 aliphatic rings. The minimum Gasteiger partial charge on any atom is -0.462 e. The van der Waals surface area contributed by atoms with Gasteiger partial charge in [-0.25, -0.2) is 0 Å². The van der Waals surface area contributed by atoms with Crippen molar-refractivity contribution in [3.63, 3.8) is 0 Å². The molecule has 0 saturated heterocycles. The molecule has 0 unspecified atom stereocenters. The predicted octanol–water partition coefficient (Wildman–Crippen LogP) is 16.4. The Kier molecular flexibility index (Phi) is 45.8. The Morgan fingerprint density at radius 1 is 0.281 bits per heavy atom. The van der Waals surface area contributed by atoms with E-state index in [1.807, 2.05) is 0 Å². The van der Waals surface area contributed by atoms with Gasteiger partial charge >= 0.3 is 17.9 Å². The molecule has 57 heavy (non-hydrogen) atoms. The van der Waals surface area contributed by atoms with Gasteiger partial charge in [-0.05, 0) is 19.3 Å². The lowest BCUT2D eigenvalue weighted by molar-refractivity contribution is -0.167. The Morgan fingerprint density at radius 2 is 0.474 bits per heavy atom. The molecule has 0 bridgehead atoms. The second kappa shape index (κ2) is 47.1. The average Bonchev–Trinajstić information content (AvgIpc) is 3.21. The Balaban J connectivity index is 4.31. The van der Waals surface area contributed by atoms with Crippen molar-refractivity contribution in [3.8, 4) is 0 Å². The third-order valence-electron chi connectivity index (χ3n) is 11.6. The van der Waals surface area contributed by atoms with E-state index in [1.54, 1.807) is 0 Å². The lowest BCUT2D eigenvalue weighted by atomic mass is 10.0. The molecule has 338 valence electrons. The third kappa shape index (κ3) is 45.3. The van der Waals surface area contributed by atoms with Crippen LogP contribution < -0.4 is 0 Å². The van der Waals surface area contributed by atoms with E-state index in [1.165, 1.54) is 193 Å². The summed E-state index contributed by atoms with van der Waals surface area (Å²) in [7, 11) is 0. The molecule has 0 spiro atoms. The maximum atomic E-state index is 12.8. The first-order chi connectivity index (χ1) is 28.0. The molecule has 0 N–H and O–H groups in total. The highest BCUT2D eigenvalue weighted by atomic mass is 16.6. The second-order valence-corrected chi connectivity index (χ2v) is 17.5. The van der Waals surface area contributed by atoms with Crippen LogP contribution in [0, 0.1) is 0 Å². The van der Waals surface area contributed by atoms with Gasteiger partial charge in [0.15, 0.2) is 6.10 Å². The van der Waals surface area contributed by atoms with Gasteiger partial charge in [0, 0.05) is 19.3 Å². The van der Waals surface area contributed by atoms with E-state index in [0.29, 0.717) is 19.3 Å². The highest BCUT2D eigenvalue weighted by molar-refractivity contribution is 5.71. The smallest absolute Gasteiger partial charge is 0.306 e. The molecule has 0 aliphatic heterocycles. The van der Waals surface area contributed by atoms with Crippen LogP contribution in [0.3, 0.4) is 0 Å². The number of hydrogen-bond acceptors (Lipinski definition) is 6. The van der Waals surface area contributed by atoms with Gasteiger partial charge in [0.2, 0.25) is 0 Å². The minimum atomic E-state index is -0.759. The van der Waals surface area contributed by atoms with E-state index in [0.717, 1.165) is 57.8 Å². The van der Waals surface area contributed by atoms with Gasteiger partial charge in [0.1, 0.15) is 13.2 Å². The number of carbonyl (C=O) groups is 3. The van der Waals surface area contributed by atoms with Gasteiger partial charge in [-0.1, -0.05) is 252 Å². The molecule has 6 nitrogen and oxygen atoms in total. The van der Waals surface area contributed by atoms with E-state index < -0.39 is 6.10 Å². The van der Waals surface area contributed by atoms with Crippen molar-refractivity contribution >= 4 is 17.9 Å². The zero-order chi connectivity index (χ0) is 41.5. The zero-order valence-electron chi connectivity index (χ0n) is 38.6. The monoisotopic (exact) mass is 807 g/mol. The fourth-order valence-corrected chi connectivity index (χ4v) is 7.74. The Morgan fingerprint density at radius 3 is 0.702 bits per heavy atom. The number of carbonyl (C=O) groups excluding carboxylic acids is 3. The van der Waals surface area contributed by atoms with Crippen LogP contribution in [-0.2, 0) is 28.6 Å². The summed E-state index contributed by atoms with van der Waals surface area (Å²) >= 11 is 0. The quantitative estimate of drug-likeness (QED) is 0.0346. The molecule has 0 aliphatic carbocycles. The van der Waals surface area contributed by atoms with Crippen molar-refractivity contribution in [1.29, 1.82) is 0 Å². The van der Waals surface area contributed by atoms with Crippen molar-refractivity contribution in [2.75, 3.05) is 13.2 Å². The largest absolute Gasteiger partial charge is 0.462 e. The topological polar surface area (TPSA) is 78.9 Å². The molecule has 0 rings (SSSR count). The SMILES string of the molecule is CCCCCCCCCCCCCCCCC(=O)O[C@@H](COC(=O)CCCCCCCCCCCCCC)COC(=O)CCCCCCCCCCCCCCC. The van der Waals surface area contributed by atoms with E-state index in [2.05, 4.69) is 20.8 Å². The highest BCUT2D eigenvalue weighted by Crippen LogP contribution is 2.17. The van der Waals surface area contributed by atoms with Crippen LogP contribution in [0.1, 0.15) is 290 Å². The minimum absolute atomic E-state index is 0.0619. The normalized spacial score (nSPS) is 11.8. The molecule has 0 fully saturated rings. The van der Waals surface area contributed by atoms with Gasteiger partial charge in [-0.3, -0.25) is 14.4 Å². The van der Waals surface area contributed by atoms with E-state index in [9.17, 15) is 14.4 Å². The Labute approximate surface area is 355 Å². The molecule has 0 aromatic rings. The number of unbranched alkanes of at least 4 members (excludes halogenated alkanes) is 36. The van der Waals surface area contributed by atoms with Crippen LogP contribution in [0.2, 0.25) is 0 Å². The summed E-state index contributed by atoms with van der Waals surface area (Å²) in [4.78, 5) is 37.9. The van der Waals surface area contributed by atoms with Crippen molar-refractivity contribution in [2.45, 2.75) is 297 Å². The van der Waals surface area contributed by atoms with Gasteiger partial charge in [0.05, 0.1) is 0 Å². The van der Waals surface area contributed by atoms with Crippen LogP contribution in [0.5, 0.6) is 0 Å². The van der Waals surface area contributed by atoms with Gasteiger partial charge < -0.3 is 14.2 Å². The lowest BCUT2D eigenvalue weighted by Gasteiger charge is -2.18. The maximum Gasteiger partial charge on any atom is 0.306 e. The summed E-state index contributed by atoms with van der Waals surface area (Å²) in [5.41, 5.74) is 0. The fourth-order valence-electron chi connectivity index (χ4n) is 7.74. The second-order valence-electron chi connectivity index (χ2n) is 17.5. The summed E-state index contributed by atoms with van der Waals surface area (Å²) in [6.45, 7) is 6.67. The van der Waals surface area contributed by atoms with E-state index >= 15 is 0 Å². The third-order valence-corrected chi connectivity index (χ3v) is 11.6. The fraction of sp³-hybridized carbons (Fsp3) is 0.941. The summed E-state index contributed by atoms with van der Waals surface area (Å²) in [6.07, 6.45) is 49.3. The summed E-state index contributed by atoms with van der Waals surface area (Å²) in [5.74, 6) is -0.842. The van der Waals surface area contributed by atoms with Crippen molar-refractivity contribution in [1.82, 2.24) is 0 Å². The van der Waals surface area contributed by atoms with Crippen LogP contribution in [-0.4, -0.2) is 37.2 Å². The molecule has 6 heteroatoms. The van der Waals surface area contributed by atoms with Crippen LogP contribution in [0.4, 0.5) is 0 Å². The summed E-state index contributed by atoms with van der Waals surface area (Å²) in [6, 6.07) is 0. The van der Waals surface area contributed by atoms with E-state index in [-0.39, 0.29) is 31.1 Å². The summed E-state index contributed by atoms with van der Waals surface area (Å²) in [5, 5.41) is 0. The standard InChI is InChI=1S/C51H98O6/c1-4-7-10-13-16-19-22-25-27-30-33-36-39-42-45-51(54)57-48(46-55-49(52)43-40-37-34-31-28-24-21-18-15-12-9-6-3)47-56-50(53)44-41-38-35-32-29-26-23-20-17-14-11-8-5-2/h48H,4-47H2,1-3H3/t48-/m0/s1. The first kappa shape index (κ1) is 55.4. The lowest BCUT2D eigenvalue weighted by Crippen LogP contribution is -2.30. The first-order valence-electron chi connectivity index (χ1n) is 25.5. The number of ether oxygens (including phenoxy) is 3.